The Morgan fingerprint density at radius 3 is 2.57 bits per heavy atom. The molecule has 0 spiro atoms. The standard InChI is InChI=1S/C16H16N2O2S/c1-11(16(17)20)18-15(19)10-8-13-7-9-14(21-13)12-5-3-2-4-6-12/h2-11H,1H3,(H2,17,20)(H,18,19)/b10-8+. The Morgan fingerprint density at radius 2 is 1.90 bits per heavy atom. The molecule has 1 atom stereocenters. The Balaban J connectivity index is 2.01. The number of primary amides is 1. The van der Waals surface area contributed by atoms with Gasteiger partial charge in [0.2, 0.25) is 11.8 Å². The molecule has 21 heavy (non-hydrogen) atoms. The first-order chi connectivity index (χ1) is 10.1. The average Bonchev–Trinajstić information content (AvgIpc) is 2.95. The lowest BCUT2D eigenvalue weighted by atomic mass is 10.2. The Kier molecular flexibility index (Phi) is 4.90. The molecule has 0 aliphatic rings. The minimum Gasteiger partial charge on any atom is -0.368 e. The normalized spacial score (nSPS) is 12.2. The van der Waals surface area contributed by atoms with Crippen molar-refractivity contribution in [3.63, 3.8) is 0 Å². The highest BCUT2D eigenvalue weighted by Gasteiger charge is 2.09. The molecular weight excluding hydrogens is 284 g/mol. The van der Waals surface area contributed by atoms with Crippen LogP contribution in [0.5, 0.6) is 0 Å². The first kappa shape index (κ1) is 15.0. The molecule has 0 saturated carbocycles. The second-order valence-electron chi connectivity index (χ2n) is 4.53. The summed E-state index contributed by atoms with van der Waals surface area (Å²) in [6.07, 6.45) is 3.13. The van der Waals surface area contributed by atoms with Crippen molar-refractivity contribution in [3.05, 3.63) is 53.4 Å². The third kappa shape index (κ3) is 4.29. The van der Waals surface area contributed by atoms with E-state index in [-0.39, 0.29) is 5.91 Å². The number of carbonyl (C=O) groups is 2. The third-order valence-corrected chi connectivity index (χ3v) is 3.97. The van der Waals surface area contributed by atoms with Crippen LogP contribution in [-0.2, 0) is 9.59 Å². The first-order valence-corrected chi connectivity index (χ1v) is 7.31. The summed E-state index contributed by atoms with van der Waals surface area (Å²) in [6, 6.07) is 13.3. The number of benzene rings is 1. The van der Waals surface area contributed by atoms with E-state index < -0.39 is 11.9 Å². The van der Waals surface area contributed by atoms with E-state index >= 15 is 0 Å². The molecule has 0 saturated heterocycles. The van der Waals surface area contributed by atoms with Crippen LogP contribution in [-0.4, -0.2) is 17.9 Å². The molecule has 108 valence electrons. The second-order valence-corrected chi connectivity index (χ2v) is 5.65. The highest BCUT2D eigenvalue weighted by Crippen LogP contribution is 2.28. The molecule has 0 radical (unpaired) electrons. The van der Waals surface area contributed by atoms with Crippen molar-refractivity contribution in [2.75, 3.05) is 0 Å². The maximum Gasteiger partial charge on any atom is 0.244 e. The van der Waals surface area contributed by atoms with E-state index in [1.165, 1.54) is 6.08 Å². The summed E-state index contributed by atoms with van der Waals surface area (Å²) >= 11 is 1.59. The molecule has 2 amide bonds. The van der Waals surface area contributed by atoms with Gasteiger partial charge in [0.05, 0.1) is 0 Å². The number of rotatable bonds is 5. The van der Waals surface area contributed by atoms with Crippen molar-refractivity contribution in [3.8, 4) is 10.4 Å². The highest BCUT2D eigenvalue weighted by atomic mass is 32.1. The number of hydrogen-bond acceptors (Lipinski definition) is 3. The van der Waals surface area contributed by atoms with Gasteiger partial charge in [-0.05, 0) is 30.7 Å². The van der Waals surface area contributed by atoms with Gasteiger partial charge in [0.15, 0.2) is 0 Å². The lowest BCUT2D eigenvalue weighted by molar-refractivity contribution is -0.124. The molecule has 0 fully saturated rings. The monoisotopic (exact) mass is 300 g/mol. The van der Waals surface area contributed by atoms with E-state index in [0.717, 1.165) is 15.3 Å². The largest absolute Gasteiger partial charge is 0.368 e. The van der Waals surface area contributed by atoms with E-state index in [1.54, 1.807) is 24.3 Å². The van der Waals surface area contributed by atoms with Crippen LogP contribution < -0.4 is 11.1 Å². The molecule has 0 aliphatic heterocycles. The molecular formula is C16H16N2O2S. The first-order valence-electron chi connectivity index (χ1n) is 6.49. The van der Waals surface area contributed by atoms with Crippen molar-refractivity contribution in [2.24, 2.45) is 5.73 Å². The van der Waals surface area contributed by atoms with Crippen LogP contribution in [0.4, 0.5) is 0 Å². The lowest BCUT2D eigenvalue weighted by Gasteiger charge is -2.06. The van der Waals surface area contributed by atoms with Gasteiger partial charge in [0, 0.05) is 15.8 Å². The van der Waals surface area contributed by atoms with Crippen molar-refractivity contribution in [1.29, 1.82) is 0 Å². The van der Waals surface area contributed by atoms with Crippen LogP contribution in [0.2, 0.25) is 0 Å². The molecule has 3 N–H and O–H groups in total. The second kappa shape index (κ2) is 6.85. The van der Waals surface area contributed by atoms with Gasteiger partial charge in [0.1, 0.15) is 6.04 Å². The number of hydrogen-bond donors (Lipinski definition) is 2. The third-order valence-electron chi connectivity index (χ3n) is 2.87. The molecule has 1 aromatic carbocycles. The van der Waals surface area contributed by atoms with Crippen LogP contribution >= 0.6 is 11.3 Å². The van der Waals surface area contributed by atoms with Gasteiger partial charge in [-0.15, -0.1) is 11.3 Å². The quantitative estimate of drug-likeness (QED) is 0.832. The Morgan fingerprint density at radius 1 is 1.19 bits per heavy atom. The van der Waals surface area contributed by atoms with Crippen LogP contribution in [0, 0.1) is 0 Å². The molecule has 1 unspecified atom stereocenters. The minimum atomic E-state index is -0.676. The zero-order valence-electron chi connectivity index (χ0n) is 11.6. The summed E-state index contributed by atoms with van der Waals surface area (Å²) in [5.41, 5.74) is 6.23. The smallest absolute Gasteiger partial charge is 0.244 e. The van der Waals surface area contributed by atoms with Crippen LogP contribution in [0.1, 0.15) is 11.8 Å². The predicted octanol–water partition coefficient (Wildman–Crippen LogP) is 2.42. The number of thiophene rings is 1. The molecule has 2 rings (SSSR count). The van der Waals surface area contributed by atoms with Gasteiger partial charge in [-0.3, -0.25) is 9.59 Å². The fourth-order valence-electron chi connectivity index (χ4n) is 1.69. The van der Waals surface area contributed by atoms with Gasteiger partial charge in [-0.2, -0.15) is 0 Å². The van der Waals surface area contributed by atoms with E-state index in [4.69, 9.17) is 5.73 Å². The van der Waals surface area contributed by atoms with Crippen molar-refractivity contribution in [1.82, 2.24) is 5.32 Å². The van der Waals surface area contributed by atoms with Crippen molar-refractivity contribution in [2.45, 2.75) is 13.0 Å². The topological polar surface area (TPSA) is 72.2 Å². The van der Waals surface area contributed by atoms with Gasteiger partial charge in [-0.25, -0.2) is 0 Å². The lowest BCUT2D eigenvalue weighted by Crippen LogP contribution is -2.41. The Hall–Kier alpha value is -2.40. The van der Waals surface area contributed by atoms with Crippen LogP contribution in [0.25, 0.3) is 16.5 Å². The van der Waals surface area contributed by atoms with Gasteiger partial charge in [0.25, 0.3) is 0 Å². The summed E-state index contributed by atoms with van der Waals surface area (Å²) in [5, 5.41) is 2.49. The predicted molar refractivity (Wildman–Crippen MR) is 85.6 cm³/mol. The van der Waals surface area contributed by atoms with E-state index in [0.29, 0.717) is 0 Å². The molecule has 4 nitrogen and oxygen atoms in total. The molecule has 5 heteroatoms. The van der Waals surface area contributed by atoms with Crippen molar-refractivity contribution < 1.29 is 9.59 Å². The number of amides is 2. The SMILES string of the molecule is CC(NC(=O)/C=C/c1ccc(-c2ccccc2)s1)C(N)=O. The maximum atomic E-state index is 11.6. The van der Waals surface area contributed by atoms with Crippen LogP contribution in [0.15, 0.2) is 48.5 Å². The summed E-state index contributed by atoms with van der Waals surface area (Å²) in [4.78, 5) is 24.6. The number of nitrogens with two attached hydrogens (primary N) is 1. The van der Waals surface area contributed by atoms with Crippen molar-refractivity contribution >= 4 is 29.2 Å². The summed E-state index contributed by atoms with van der Waals surface area (Å²) in [6.45, 7) is 1.55. The van der Waals surface area contributed by atoms with E-state index in [2.05, 4.69) is 5.32 Å². The molecule has 0 aliphatic carbocycles. The summed E-state index contributed by atoms with van der Waals surface area (Å²) in [5.74, 6) is -0.893. The molecule has 1 aromatic heterocycles. The maximum absolute atomic E-state index is 11.6. The Bertz CT molecular complexity index is 662. The minimum absolute atomic E-state index is 0.337. The number of carbonyl (C=O) groups excluding carboxylic acids is 2. The molecule has 0 bridgehead atoms. The zero-order chi connectivity index (χ0) is 15.2. The fraction of sp³-hybridized carbons (Fsp3) is 0.125. The van der Waals surface area contributed by atoms with Crippen LogP contribution in [0.3, 0.4) is 0 Å². The molecule has 1 heterocycles. The van der Waals surface area contributed by atoms with Gasteiger partial charge < -0.3 is 11.1 Å². The van der Waals surface area contributed by atoms with Gasteiger partial charge in [-0.1, -0.05) is 30.3 Å². The fourth-order valence-corrected chi connectivity index (χ4v) is 2.61. The number of nitrogens with one attached hydrogen (secondary N) is 1. The summed E-state index contributed by atoms with van der Waals surface area (Å²) in [7, 11) is 0. The highest BCUT2D eigenvalue weighted by molar-refractivity contribution is 7.16. The molecule has 2 aromatic rings. The summed E-state index contributed by atoms with van der Waals surface area (Å²) < 4.78 is 0. The zero-order valence-corrected chi connectivity index (χ0v) is 12.4. The average molecular weight is 300 g/mol. The Labute approximate surface area is 127 Å². The van der Waals surface area contributed by atoms with E-state index in [9.17, 15) is 9.59 Å². The van der Waals surface area contributed by atoms with Gasteiger partial charge >= 0.3 is 0 Å². The van der Waals surface area contributed by atoms with E-state index in [1.807, 2.05) is 42.5 Å².